The Morgan fingerprint density at radius 1 is 0.632 bits per heavy atom. The summed E-state index contributed by atoms with van der Waals surface area (Å²) in [5.41, 5.74) is 0. The summed E-state index contributed by atoms with van der Waals surface area (Å²) >= 11 is -5.58. The summed E-state index contributed by atoms with van der Waals surface area (Å²) in [6, 6.07) is 17.2. The topological polar surface area (TPSA) is 61.8 Å². The molecule has 2 atom stereocenters. The molecule has 0 heterocycles. The third kappa shape index (κ3) is 4.53. The van der Waals surface area contributed by atoms with E-state index in [2.05, 4.69) is 13.0 Å². The van der Waals surface area contributed by atoms with E-state index >= 15 is 0 Å². The minimum absolute atomic E-state index is 0.522. The van der Waals surface area contributed by atoms with E-state index in [9.17, 15) is 7.67 Å². The third-order valence-electron chi connectivity index (χ3n) is 2.05. The molecule has 0 spiro atoms. The molecule has 0 aliphatic carbocycles. The number of hydrogen-bond donors (Lipinski definition) is 0. The van der Waals surface area contributed by atoms with Crippen molar-refractivity contribution in [3.63, 3.8) is 0 Å². The summed E-state index contributed by atoms with van der Waals surface area (Å²) in [6.07, 6.45) is 0. The van der Waals surface area contributed by atoms with Crippen molar-refractivity contribution in [2.75, 3.05) is 0 Å². The Hall–Kier alpha value is -1.04. The summed E-state index contributed by atoms with van der Waals surface area (Å²) in [5.74, 6) is 0. The number of benzene rings is 2. The molecule has 0 N–H and O–H groups in total. The SMILES string of the molecule is O=[Se](OOO[Se](=O)c1ccccc1)c1ccccc1. The van der Waals surface area contributed by atoms with Crippen LogP contribution in [-0.2, 0) is 20.6 Å². The first kappa shape index (κ1) is 14.4. The van der Waals surface area contributed by atoms with E-state index in [1.165, 1.54) is 0 Å². The molecule has 2 unspecified atom stereocenters. The van der Waals surface area contributed by atoms with Crippen molar-refractivity contribution in [2.24, 2.45) is 0 Å². The second-order valence-corrected chi connectivity index (χ2v) is 7.82. The van der Waals surface area contributed by atoms with Crippen molar-refractivity contribution < 1.29 is 20.6 Å². The molecule has 0 bridgehead atoms. The first-order valence-electron chi connectivity index (χ1n) is 5.23. The predicted molar refractivity (Wildman–Crippen MR) is 68.3 cm³/mol. The Bertz CT molecular complexity index is 507. The second-order valence-electron chi connectivity index (χ2n) is 3.30. The van der Waals surface area contributed by atoms with Crippen LogP contribution in [0.1, 0.15) is 0 Å². The second kappa shape index (κ2) is 7.52. The van der Waals surface area contributed by atoms with Gasteiger partial charge in [0.15, 0.2) is 0 Å². The molecule has 5 nitrogen and oxygen atoms in total. The monoisotopic (exact) mass is 394 g/mol. The standard InChI is InChI=1S/C12H10O5Se2/c13-18(11-7-3-1-4-8-11)16-15-17-19(14)12-9-5-2-6-10-12/h1-10H. The normalized spacial score (nSPS) is 13.9. The summed E-state index contributed by atoms with van der Waals surface area (Å²) in [4.78, 5) is 0. The van der Waals surface area contributed by atoms with E-state index in [1.807, 2.05) is 0 Å². The summed E-state index contributed by atoms with van der Waals surface area (Å²) in [7, 11) is 0. The van der Waals surface area contributed by atoms with Gasteiger partial charge in [0, 0.05) is 0 Å². The number of hydrogen-bond acceptors (Lipinski definition) is 5. The van der Waals surface area contributed by atoms with E-state index < -0.39 is 28.3 Å². The van der Waals surface area contributed by atoms with Crippen molar-refractivity contribution in [1.82, 2.24) is 0 Å². The first-order chi connectivity index (χ1) is 9.27. The van der Waals surface area contributed by atoms with Crippen molar-refractivity contribution >= 4 is 37.2 Å². The molecule has 0 fully saturated rings. The van der Waals surface area contributed by atoms with Crippen LogP contribution >= 0.6 is 0 Å². The molecule has 0 saturated heterocycles. The van der Waals surface area contributed by atoms with E-state index in [-0.39, 0.29) is 0 Å². The van der Waals surface area contributed by atoms with Gasteiger partial charge in [0.05, 0.1) is 0 Å². The quantitative estimate of drug-likeness (QED) is 0.408. The molecule has 100 valence electrons. The van der Waals surface area contributed by atoms with Gasteiger partial charge in [-0.15, -0.1) is 0 Å². The molecule has 2 rings (SSSR count). The van der Waals surface area contributed by atoms with Gasteiger partial charge in [0.25, 0.3) is 0 Å². The van der Waals surface area contributed by atoms with Crippen molar-refractivity contribution in [3.8, 4) is 0 Å². The van der Waals surface area contributed by atoms with Gasteiger partial charge in [-0.25, -0.2) is 0 Å². The minimum atomic E-state index is -2.79. The van der Waals surface area contributed by atoms with Gasteiger partial charge in [0.2, 0.25) is 0 Å². The van der Waals surface area contributed by atoms with Crippen LogP contribution in [0.5, 0.6) is 0 Å². The van der Waals surface area contributed by atoms with E-state index in [1.54, 1.807) is 60.7 Å². The van der Waals surface area contributed by atoms with E-state index in [4.69, 9.17) is 0 Å². The Morgan fingerprint density at radius 3 is 1.37 bits per heavy atom. The van der Waals surface area contributed by atoms with Crippen LogP contribution in [0.2, 0.25) is 0 Å². The maximum atomic E-state index is 11.7. The third-order valence-corrected chi connectivity index (χ3v) is 5.56. The van der Waals surface area contributed by atoms with Crippen LogP contribution < -0.4 is 8.92 Å². The Morgan fingerprint density at radius 2 is 1.00 bits per heavy atom. The van der Waals surface area contributed by atoms with Gasteiger partial charge >= 0.3 is 119 Å². The zero-order valence-electron chi connectivity index (χ0n) is 9.63. The fraction of sp³-hybridized carbons (Fsp3) is 0. The summed E-state index contributed by atoms with van der Waals surface area (Å²) < 4.78 is 33.6. The van der Waals surface area contributed by atoms with Crippen LogP contribution in [-0.4, -0.2) is 28.3 Å². The molecular weight excluding hydrogens is 382 g/mol. The maximum absolute atomic E-state index is 11.7. The van der Waals surface area contributed by atoms with Crippen LogP contribution in [0.25, 0.3) is 0 Å². The first-order valence-corrected chi connectivity index (χ1v) is 9.74. The molecule has 7 heteroatoms. The number of rotatable bonds is 6. The van der Waals surface area contributed by atoms with Gasteiger partial charge in [-0.3, -0.25) is 0 Å². The fourth-order valence-electron chi connectivity index (χ4n) is 1.20. The van der Waals surface area contributed by atoms with E-state index in [0.717, 1.165) is 0 Å². The van der Waals surface area contributed by atoms with E-state index in [0.29, 0.717) is 8.92 Å². The van der Waals surface area contributed by atoms with Gasteiger partial charge in [-0.2, -0.15) is 0 Å². The van der Waals surface area contributed by atoms with Crippen LogP contribution in [0.15, 0.2) is 60.7 Å². The molecule has 0 aliphatic rings. The molecule has 2 aromatic rings. The summed E-state index contributed by atoms with van der Waals surface area (Å²) in [6.45, 7) is 0. The molecule has 0 aromatic heterocycles. The molecule has 0 aliphatic heterocycles. The Labute approximate surface area is 118 Å². The molecule has 0 radical (unpaired) electrons. The molecular formula is C12H10O5Se2. The summed E-state index contributed by atoms with van der Waals surface area (Å²) in [5, 5.41) is 4.35. The predicted octanol–water partition coefficient (Wildman–Crippen LogP) is 0.518. The Balaban J connectivity index is 1.81. The van der Waals surface area contributed by atoms with Gasteiger partial charge < -0.3 is 0 Å². The van der Waals surface area contributed by atoms with Gasteiger partial charge in [0.1, 0.15) is 0 Å². The fourth-order valence-corrected chi connectivity index (χ4v) is 3.63. The zero-order valence-corrected chi connectivity index (χ0v) is 13.1. The molecule has 2 aromatic carbocycles. The Kier molecular flexibility index (Phi) is 5.69. The van der Waals surface area contributed by atoms with Crippen molar-refractivity contribution in [1.29, 1.82) is 0 Å². The van der Waals surface area contributed by atoms with Crippen LogP contribution in [0.3, 0.4) is 0 Å². The van der Waals surface area contributed by atoms with Crippen molar-refractivity contribution in [3.05, 3.63) is 60.7 Å². The van der Waals surface area contributed by atoms with Gasteiger partial charge in [-0.05, 0) is 0 Å². The van der Waals surface area contributed by atoms with Crippen LogP contribution in [0.4, 0.5) is 0 Å². The average Bonchev–Trinajstić information content (AvgIpc) is 2.49. The van der Waals surface area contributed by atoms with Gasteiger partial charge in [-0.1, -0.05) is 0 Å². The van der Waals surface area contributed by atoms with Crippen molar-refractivity contribution in [2.45, 2.75) is 0 Å². The average molecular weight is 392 g/mol. The molecule has 19 heavy (non-hydrogen) atoms. The molecule has 0 amide bonds. The molecule has 0 saturated carbocycles. The zero-order chi connectivity index (χ0) is 13.5. The van der Waals surface area contributed by atoms with Crippen LogP contribution in [0, 0.1) is 0 Å².